The van der Waals surface area contributed by atoms with E-state index in [2.05, 4.69) is 26.8 Å². The second-order valence-corrected chi connectivity index (χ2v) is 7.46. The second-order valence-electron chi connectivity index (χ2n) is 5.69. The van der Waals surface area contributed by atoms with Crippen LogP contribution in [-0.2, 0) is 16.6 Å². The molecule has 1 atom stereocenters. The molecule has 1 aromatic heterocycles. The van der Waals surface area contributed by atoms with E-state index in [1.165, 1.54) is 19.3 Å². The van der Waals surface area contributed by atoms with Gasteiger partial charge >= 0.3 is 0 Å². The molecule has 0 aliphatic carbocycles. The van der Waals surface area contributed by atoms with Gasteiger partial charge in [0, 0.05) is 31.0 Å². The van der Waals surface area contributed by atoms with Gasteiger partial charge in [0.15, 0.2) is 0 Å². The number of aromatic amines is 1. The molecule has 2 rings (SSSR count). The first kappa shape index (κ1) is 16.5. The van der Waals surface area contributed by atoms with Crippen LogP contribution in [0.1, 0.15) is 31.9 Å². The molecule has 2 heterocycles. The quantitative estimate of drug-likeness (QED) is 0.698. The molecule has 0 amide bonds. The summed E-state index contributed by atoms with van der Waals surface area (Å²) in [5.41, 5.74) is 0.863. The third-order valence-corrected chi connectivity index (χ3v) is 5.38. The summed E-state index contributed by atoms with van der Waals surface area (Å²) in [7, 11) is -1.60. The fraction of sp³-hybridized carbons (Fsp3) is 0.714. The lowest BCUT2D eigenvalue weighted by molar-refractivity contribution is 0.175. The minimum atomic E-state index is -3.43. The van der Waals surface area contributed by atoms with E-state index in [-0.39, 0.29) is 6.04 Å². The molecule has 0 aromatic carbocycles. The Morgan fingerprint density at radius 3 is 2.71 bits per heavy atom. The molecule has 0 spiro atoms. The zero-order chi connectivity index (χ0) is 15.3. The molecule has 1 aliphatic heterocycles. The largest absolute Gasteiger partial charge is 0.363 e. The Hall–Kier alpha value is -0.890. The zero-order valence-corrected chi connectivity index (χ0v) is 13.7. The van der Waals surface area contributed by atoms with Gasteiger partial charge in [0.25, 0.3) is 0 Å². The van der Waals surface area contributed by atoms with Crippen LogP contribution in [0.4, 0.5) is 0 Å². The summed E-state index contributed by atoms with van der Waals surface area (Å²) in [5.74, 6) is 0. The summed E-state index contributed by atoms with van der Waals surface area (Å²) in [6, 6.07) is 1.90. The summed E-state index contributed by atoms with van der Waals surface area (Å²) in [4.78, 5) is 5.63. The number of H-pyrrole nitrogens is 1. The number of hydrogen-bond donors (Lipinski definition) is 3. The van der Waals surface area contributed by atoms with Crippen molar-refractivity contribution >= 4 is 10.0 Å². The monoisotopic (exact) mass is 314 g/mol. The average Bonchev–Trinajstić information content (AvgIpc) is 2.96. The van der Waals surface area contributed by atoms with Crippen LogP contribution in [0.15, 0.2) is 17.2 Å². The number of likely N-dealkylation sites (tertiary alicyclic amines) is 1. The molecule has 7 heteroatoms. The number of piperidine rings is 1. The second kappa shape index (κ2) is 7.40. The minimum absolute atomic E-state index is 0.232. The highest BCUT2D eigenvalue weighted by Crippen LogP contribution is 2.13. The predicted octanol–water partition coefficient (Wildman–Crippen LogP) is 0.887. The summed E-state index contributed by atoms with van der Waals surface area (Å²) in [5, 5.41) is 2.99. The van der Waals surface area contributed by atoms with Crippen molar-refractivity contribution < 1.29 is 8.42 Å². The van der Waals surface area contributed by atoms with Crippen LogP contribution < -0.4 is 10.0 Å². The lowest BCUT2D eigenvalue weighted by Crippen LogP contribution is -2.44. The Labute approximate surface area is 127 Å². The normalized spacial score (nSPS) is 18.8. The van der Waals surface area contributed by atoms with Crippen molar-refractivity contribution in [1.29, 1.82) is 0 Å². The van der Waals surface area contributed by atoms with E-state index in [0.29, 0.717) is 18.0 Å². The Kier molecular flexibility index (Phi) is 5.80. The van der Waals surface area contributed by atoms with Gasteiger partial charge in [-0.15, -0.1) is 0 Å². The van der Waals surface area contributed by atoms with E-state index < -0.39 is 10.0 Å². The van der Waals surface area contributed by atoms with Crippen LogP contribution in [0.25, 0.3) is 0 Å². The first-order valence-corrected chi connectivity index (χ1v) is 9.07. The topological polar surface area (TPSA) is 77.2 Å². The standard InChI is InChI=1S/C14H26N4O2S/c1-12(18-6-4-3-5-7-18)9-17-21(19,20)14-8-13(10-15-2)16-11-14/h8,11-12,15-17H,3-7,9-10H2,1-2H3. The molecule has 6 nitrogen and oxygen atoms in total. The number of sulfonamides is 1. The Morgan fingerprint density at radius 2 is 2.05 bits per heavy atom. The average molecular weight is 314 g/mol. The Balaban J connectivity index is 1.90. The molecule has 120 valence electrons. The first-order chi connectivity index (χ1) is 10.0. The van der Waals surface area contributed by atoms with Gasteiger partial charge in [0.05, 0.1) is 4.90 Å². The summed E-state index contributed by atoms with van der Waals surface area (Å²) in [6.07, 6.45) is 5.25. The van der Waals surface area contributed by atoms with Crippen LogP contribution >= 0.6 is 0 Å². The van der Waals surface area contributed by atoms with Crippen molar-refractivity contribution in [2.45, 2.75) is 43.7 Å². The van der Waals surface area contributed by atoms with Gasteiger partial charge in [-0.1, -0.05) is 6.42 Å². The van der Waals surface area contributed by atoms with E-state index in [1.807, 2.05) is 7.05 Å². The highest BCUT2D eigenvalue weighted by molar-refractivity contribution is 7.89. The third-order valence-electron chi connectivity index (χ3n) is 3.98. The lowest BCUT2D eigenvalue weighted by atomic mass is 10.1. The van der Waals surface area contributed by atoms with E-state index in [0.717, 1.165) is 18.8 Å². The van der Waals surface area contributed by atoms with Crippen LogP contribution in [-0.4, -0.2) is 51.0 Å². The van der Waals surface area contributed by atoms with Gasteiger partial charge in [0.2, 0.25) is 10.0 Å². The van der Waals surface area contributed by atoms with Crippen LogP contribution in [0.3, 0.4) is 0 Å². The van der Waals surface area contributed by atoms with E-state index in [4.69, 9.17) is 0 Å². The molecule has 0 radical (unpaired) electrons. The van der Waals surface area contributed by atoms with Crippen molar-refractivity contribution in [1.82, 2.24) is 19.9 Å². The van der Waals surface area contributed by atoms with Gasteiger partial charge in [-0.05, 0) is 46.0 Å². The van der Waals surface area contributed by atoms with Crippen molar-refractivity contribution in [3.05, 3.63) is 18.0 Å². The summed E-state index contributed by atoms with van der Waals surface area (Å²) >= 11 is 0. The number of hydrogen-bond acceptors (Lipinski definition) is 4. The summed E-state index contributed by atoms with van der Waals surface area (Å²) < 4.78 is 27.3. The SMILES string of the molecule is CNCc1cc(S(=O)(=O)NCC(C)N2CCCCC2)c[nH]1. The van der Waals surface area contributed by atoms with Crippen LogP contribution in [0, 0.1) is 0 Å². The molecule has 0 bridgehead atoms. The third kappa shape index (κ3) is 4.54. The number of nitrogens with zero attached hydrogens (tertiary/aromatic N) is 1. The molecular formula is C14H26N4O2S. The predicted molar refractivity (Wildman–Crippen MR) is 83.6 cm³/mol. The fourth-order valence-corrected chi connectivity index (χ4v) is 3.81. The number of aromatic nitrogens is 1. The van der Waals surface area contributed by atoms with Gasteiger partial charge in [-0.3, -0.25) is 4.90 Å². The van der Waals surface area contributed by atoms with Gasteiger partial charge in [0.1, 0.15) is 0 Å². The number of rotatable bonds is 7. The molecule has 21 heavy (non-hydrogen) atoms. The Bertz CT molecular complexity index is 535. The molecule has 1 fully saturated rings. The van der Waals surface area contributed by atoms with E-state index in [1.54, 1.807) is 12.3 Å². The first-order valence-electron chi connectivity index (χ1n) is 7.58. The van der Waals surface area contributed by atoms with Crippen LogP contribution in [0.2, 0.25) is 0 Å². The zero-order valence-electron chi connectivity index (χ0n) is 12.9. The molecule has 1 aliphatic rings. The van der Waals surface area contributed by atoms with Crippen molar-refractivity contribution in [2.24, 2.45) is 0 Å². The van der Waals surface area contributed by atoms with Crippen molar-refractivity contribution in [2.75, 3.05) is 26.7 Å². The van der Waals surface area contributed by atoms with Crippen molar-refractivity contribution in [3.8, 4) is 0 Å². The maximum atomic E-state index is 12.3. The maximum absolute atomic E-state index is 12.3. The molecule has 1 saturated heterocycles. The molecule has 3 N–H and O–H groups in total. The molecule has 0 saturated carbocycles. The fourth-order valence-electron chi connectivity index (χ4n) is 2.67. The van der Waals surface area contributed by atoms with Gasteiger partial charge in [-0.25, -0.2) is 13.1 Å². The number of nitrogens with one attached hydrogen (secondary N) is 3. The van der Waals surface area contributed by atoms with Gasteiger partial charge < -0.3 is 10.3 Å². The molecular weight excluding hydrogens is 288 g/mol. The lowest BCUT2D eigenvalue weighted by Gasteiger charge is -2.32. The van der Waals surface area contributed by atoms with E-state index >= 15 is 0 Å². The molecule has 1 aromatic rings. The Morgan fingerprint density at radius 1 is 1.33 bits per heavy atom. The van der Waals surface area contributed by atoms with E-state index in [9.17, 15) is 8.42 Å². The van der Waals surface area contributed by atoms with Crippen molar-refractivity contribution in [3.63, 3.8) is 0 Å². The molecule has 1 unspecified atom stereocenters. The van der Waals surface area contributed by atoms with Gasteiger partial charge in [-0.2, -0.15) is 0 Å². The highest BCUT2D eigenvalue weighted by atomic mass is 32.2. The van der Waals surface area contributed by atoms with Crippen LogP contribution in [0.5, 0.6) is 0 Å². The maximum Gasteiger partial charge on any atom is 0.242 e. The highest BCUT2D eigenvalue weighted by Gasteiger charge is 2.20. The smallest absolute Gasteiger partial charge is 0.242 e. The minimum Gasteiger partial charge on any atom is -0.363 e. The summed E-state index contributed by atoms with van der Waals surface area (Å²) in [6.45, 7) is 5.30.